The Hall–Kier alpha value is -2.66. The fraction of sp³-hybridized carbons (Fsp3) is 0.533. The Morgan fingerprint density at radius 1 is 0.943 bits per heavy atom. The lowest BCUT2D eigenvalue weighted by Gasteiger charge is -2.45. The molecular weight excluding hydrogens is 434 g/mol. The van der Waals surface area contributed by atoms with E-state index in [9.17, 15) is 9.59 Å². The van der Waals surface area contributed by atoms with Gasteiger partial charge >= 0.3 is 0 Å². The number of hydrogen-bond acceptors (Lipinski definition) is 3. The Balaban J connectivity index is 1.23. The topological polar surface area (TPSA) is 61.4 Å². The monoisotopic (exact) mass is 475 g/mol. The summed E-state index contributed by atoms with van der Waals surface area (Å²) < 4.78 is 0. The van der Waals surface area contributed by atoms with E-state index in [0.717, 1.165) is 51.4 Å². The van der Waals surface area contributed by atoms with Crippen LogP contribution >= 0.6 is 0 Å². The van der Waals surface area contributed by atoms with Crippen molar-refractivity contribution >= 4 is 11.8 Å². The van der Waals surface area contributed by atoms with Crippen molar-refractivity contribution in [3.8, 4) is 0 Å². The van der Waals surface area contributed by atoms with Crippen LogP contribution in [0.25, 0.3) is 0 Å². The third kappa shape index (κ3) is 6.52. The van der Waals surface area contributed by atoms with E-state index < -0.39 is 0 Å². The minimum absolute atomic E-state index is 0.00904. The molecule has 0 saturated heterocycles. The normalized spacial score (nSPS) is 24.0. The summed E-state index contributed by atoms with van der Waals surface area (Å²) in [6.07, 6.45) is 8.71. The summed E-state index contributed by atoms with van der Waals surface area (Å²) in [6, 6.07) is 17.4. The van der Waals surface area contributed by atoms with Gasteiger partial charge in [-0.2, -0.15) is 0 Å². The van der Waals surface area contributed by atoms with Gasteiger partial charge in [-0.1, -0.05) is 54.1 Å². The zero-order chi connectivity index (χ0) is 24.8. The van der Waals surface area contributed by atoms with Gasteiger partial charge in [0.1, 0.15) is 0 Å². The first-order valence-corrected chi connectivity index (χ1v) is 13.2. The minimum atomic E-state index is -0.0322. The van der Waals surface area contributed by atoms with E-state index in [2.05, 4.69) is 79.0 Å². The van der Waals surface area contributed by atoms with Crippen molar-refractivity contribution in [2.75, 3.05) is 14.1 Å². The Morgan fingerprint density at radius 2 is 1.66 bits per heavy atom. The molecule has 0 radical (unpaired) electrons. The number of rotatable bonds is 8. The van der Waals surface area contributed by atoms with Crippen molar-refractivity contribution in [2.24, 2.45) is 0 Å². The van der Waals surface area contributed by atoms with E-state index in [4.69, 9.17) is 0 Å². The molecule has 35 heavy (non-hydrogen) atoms. The van der Waals surface area contributed by atoms with Crippen LogP contribution in [0.3, 0.4) is 0 Å². The number of likely N-dealkylation sites (N-methyl/N-ethyl adjacent to an activating group) is 1. The zero-order valence-electron chi connectivity index (χ0n) is 21.6. The molecule has 4 rings (SSSR count). The van der Waals surface area contributed by atoms with E-state index in [-0.39, 0.29) is 42.3 Å². The maximum atomic E-state index is 12.6. The van der Waals surface area contributed by atoms with Crippen LogP contribution in [0.4, 0.5) is 0 Å². The van der Waals surface area contributed by atoms with Crippen LogP contribution in [0.5, 0.6) is 0 Å². The number of aryl methyl sites for hydroxylation is 2. The standard InChI is InChI=1S/C30H41N3O2/c1-22-8-6-9-23(20-22)21-30(33(2)3)18-16-25(17-19-30)31-28(34)14-15-29(35)32-27-13-7-11-24-10-4-5-12-26(24)27/h4-6,8-10,12,20,25,27H,7,11,13-19,21H2,1-3H3,(H,31,34)(H,32,35). The van der Waals surface area contributed by atoms with Crippen molar-refractivity contribution < 1.29 is 9.59 Å². The van der Waals surface area contributed by atoms with Gasteiger partial charge in [0.15, 0.2) is 0 Å². The maximum absolute atomic E-state index is 12.6. The van der Waals surface area contributed by atoms with Crippen LogP contribution < -0.4 is 10.6 Å². The third-order valence-electron chi connectivity index (χ3n) is 8.13. The zero-order valence-corrected chi connectivity index (χ0v) is 21.6. The first-order chi connectivity index (χ1) is 16.8. The summed E-state index contributed by atoms with van der Waals surface area (Å²) in [7, 11) is 4.36. The molecule has 2 aliphatic carbocycles. The molecule has 5 nitrogen and oxygen atoms in total. The molecular formula is C30H41N3O2. The van der Waals surface area contributed by atoms with E-state index in [0.29, 0.717) is 0 Å². The highest BCUT2D eigenvalue weighted by molar-refractivity contribution is 5.84. The number of fused-ring (bicyclic) bond motifs is 1. The highest BCUT2D eigenvalue weighted by atomic mass is 16.2. The van der Waals surface area contributed by atoms with E-state index >= 15 is 0 Å². The van der Waals surface area contributed by atoms with Gasteiger partial charge in [-0.3, -0.25) is 9.59 Å². The average molecular weight is 476 g/mol. The first kappa shape index (κ1) is 25.4. The second-order valence-corrected chi connectivity index (χ2v) is 10.8. The predicted molar refractivity (Wildman–Crippen MR) is 141 cm³/mol. The number of carbonyl (C=O) groups excluding carboxylic acids is 2. The van der Waals surface area contributed by atoms with Crippen LogP contribution in [0.15, 0.2) is 48.5 Å². The van der Waals surface area contributed by atoms with Crippen molar-refractivity contribution in [1.82, 2.24) is 15.5 Å². The molecule has 2 amide bonds. The average Bonchev–Trinajstić information content (AvgIpc) is 2.84. The van der Waals surface area contributed by atoms with E-state index in [1.807, 2.05) is 6.07 Å². The number of nitrogens with one attached hydrogen (secondary N) is 2. The Bertz CT molecular complexity index is 1020. The lowest BCUT2D eigenvalue weighted by Crippen LogP contribution is -2.52. The Morgan fingerprint density at radius 3 is 2.37 bits per heavy atom. The smallest absolute Gasteiger partial charge is 0.220 e. The molecule has 1 unspecified atom stereocenters. The van der Waals surface area contributed by atoms with Gasteiger partial charge in [-0.05, 0) is 89.1 Å². The SMILES string of the molecule is Cc1cccc(CC2(N(C)C)CCC(NC(=O)CCC(=O)NC3CCCc4ccccc43)CC2)c1. The van der Waals surface area contributed by atoms with Crippen LogP contribution in [0.1, 0.15) is 79.7 Å². The quantitative estimate of drug-likeness (QED) is 0.573. The molecule has 2 aromatic rings. The van der Waals surface area contributed by atoms with E-state index in [1.54, 1.807) is 0 Å². The maximum Gasteiger partial charge on any atom is 0.220 e. The number of carbonyl (C=O) groups is 2. The number of amides is 2. The molecule has 2 aromatic carbocycles. The molecule has 1 fully saturated rings. The molecule has 2 aliphatic rings. The van der Waals surface area contributed by atoms with Crippen LogP contribution in [0, 0.1) is 6.92 Å². The van der Waals surface area contributed by atoms with Crippen LogP contribution in [-0.2, 0) is 22.4 Å². The number of hydrogen-bond donors (Lipinski definition) is 2. The molecule has 5 heteroatoms. The van der Waals surface area contributed by atoms with Gasteiger partial charge in [0.25, 0.3) is 0 Å². The van der Waals surface area contributed by atoms with Crippen molar-refractivity contribution in [1.29, 1.82) is 0 Å². The van der Waals surface area contributed by atoms with Crippen LogP contribution in [-0.4, -0.2) is 42.4 Å². The molecule has 2 N–H and O–H groups in total. The van der Waals surface area contributed by atoms with Gasteiger partial charge in [0.05, 0.1) is 6.04 Å². The van der Waals surface area contributed by atoms with Gasteiger partial charge < -0.3 is 15.5 Å². The fourth-order valence-corrected chi connectivity index (χ4v) is 5.98. The van der Waals surface area contributed by atoms with Gasteiger partial charge in [0.2, 0.25) is 11.8 Å². The number of nitrogens with zero attached hydrogens (tertiary/aromatic N) is 1. The molecule has 188 valence electrons. The molecule has 0 aliphatic heterocycles. The molecule has 1 atom stereocenters. The minimum Gasteiger partial charge on any atom is -0.353 e. The Labute approximate surface area is 210 Å². The van der Waals surface area contributed by atoms with Crippen molar-refractivity contribution in [3.05, 3.63) is 70.8 Å². The molecule has 0 aromatic heterocycles. The summed E-state index contributed by atoms with van der Waals surface area (Å²) in [5.41, 5.74) is 5.37. The second kappa shape index (κ2) is 11.4. The van der Waals surface area contributed by atoms with Crippen LogP contribution in [0.2, 0.25) is 0 Å². The number of benzene rings is 2. The lowest BCUT2D eigenvalue weighted by molar-refractivity contribution is -0.127. The largest absolute Gasteiger partial charge is 0.353 e. The van der Waals surface area contributed by atoms with Crippen molar-refractivity contribution in [2.45, 2.75) is 88.8 Å². The molecule has 0 heterocycles. The Kier molecular flexibility index (Phi) is 8.27. The molecule has 1 saturated carbocycles. The third-order valence-corrected chi connectivity index (χ3v) is 8.13. The second-order valence-electron chi connectivity index (χ2n) is 10.8. The summed E-state index contributed by atoms with van der Waals surface area (Å²) in [5.74, 6) is -0.0412. The van der Waals surface area contributed by atoms with Gasteiger partial charge in [-0.25, -0.2) is 0 Å². The van der Waals surface area contributed by atoms with E-state index in [1.165, 1.54) is 22.3 Å². The summed E-state index contributed by atoms with van der Waals surface area (Å²) in [6.45, 7) is 2.15. The van der Waals surface area contributed by atoms with Gasteiger partial charge in [-0.15, -0.1) is 0 Å². The van der Waals surface area contributed by atoms with Crippen molar-refractivity contribution in [3.63, 3.8) is 0 Å². The molecule has 0 bridgehead atoms. The fourth-order valence-electron chi connectivity index (χ4n) is 5.98. The van der Waals surface area contributed by atoms with Gasteiger partial charge in [0, 0.05) is 24.4 Å². The lowest BCUT2D eigenvalue weighted by atomic mass is 9.74. The highest BCUT2D eigenvalue weighted by Gasteiger charge is 2.37. The highest BCUT2D eigenvalue weighted by Crippen LogP contribution is 2.36. The summed E-state index contributed by atoms with van der Waals surface area (Å²) in [4.78, 5) is 27.6. The first-order valence-electron chi connectivity index (χ1n) is 13.2. The molecule has 0 spiro atoms. The summed E-state index contributed by atoms with van der Waals surface area (Å²) in [5, 5.41) is 6.37. The predicted octanol–water partition coefficient (Wildman–Crippen LogP) is 4.87. The summed E-state index contributed by atoms with van der Waals surface area (Å²) >= 11 is 0.